The van der Waals surface area contributed by atoms with Crippen molar-refractivity contribution >= 4 is 17.3 Å². The topological polar surface area (TPSA) is 93.8 Å². The average Bonchev–Trinajstić information content (AvgIpc) is 3.07. The minimum absolute atomic E-state index is 0.0758. The lowest BCUT2D eigenvalue weighted by Crippen LogP contribution is -2.06. The van der Waals surface area contributed by atoms with Gasteiger partial charge in [-0.3, -0.25) is 4.98 Å². The van der Waals surface area contributed by atoms with Gasteiger partial charge in [0.15, 0.2) is 5.69 Å². The number of aromatic nitrogens is 5. The fourth-order valence-electron chi connectivity index (χ4n) is 2.00. The van der Waals surface area contributed by atoms with E-state index in [-0.39, 0.29) is 5.69 Å². The van der Waals surface area contributed by atoms with Gasteiger partial charge in [0, 0.05) is 23.3 Å². The number of nitrogens with zero attached hydrogens (tertiary/aromatic N) is 5. The molecule has 0 aromatic carbocycles. The van der Waals surface area contributed by atoms with E-state index < -0.39 is 5.97 Å². The number of carbonyl (C=O) groups is 1. The van der Waals surface area contributed by atoms with Crippen LogP contribution in [0.5, 0.6) is 0 Å². The molecule has 3 aromatic rings. The number of thiazole rings is 1. The molecule has 3 heterocycles. The summed E-state index contributed by atoms with van der Waals surface area (Å²) in [6.45, 7) is 2.30. The van der Waals surface area contributed by atoms with E-state index in [4.69, 9.17) is 0 Å². The van der Waals surface area contributed by atoms with Gasteiger partial charge in [0.1, 0.15) is 5.69 Å². The maximum absolute atomic E-state index is 11.3. The van der Waals surface area contributed by atoms with Crippen LogP contribution in [0, 0.1) is 6.92 Å². The zero-order valence-electron chi connectivity index (χ0n) is 11.1. The van der Waals surface area contributed by atoms with Gasteiger partial charge in [0.05, 0.1) is 17.2 Å². The Kier molecular flexibility index (Phi) is 3.44. The molecule has 0 aliphatic rings. The number of carboxylic acids is 1. The fraction of sp³-hybridized carbons (Fsp3) is 0.154. The summed E-state index contributed by atoms with van der Waals surface area (Å²) in [7, 11) is 0. The number of pyridine rings is 1. The lowest BCUT2D eigenvalue weighted by atomic mass is 10.1. The quantitative estimate of drug-likeness (QED) is 0.790. The third-order valence-corrected chi connectivity index (χ3v) is 3.69. The largest absolute Gasteiger partial charge is 0.476 e. The number of carboxylic acid groups (broad SMARTS) is 1. The number of hydrogen-bond donors (Lipinski definition) is 1. The van der Waals surface area contributed by atoms with Crippen molar-refractivity contribution in [2.24, 2.45) is 0 Å². The Labute approximate surface area is 123 Å². The summed E-state index contributed by atoms with van der Waals surface area (Å²) in [4.78, 5) is 19.6. The molecule has 0 fully saturated rings. The molecule has 0 radical (unpaired) electrons. The normalized spacial score (nSPS) is 10.7. The molecule has 106 valence electrons. The van der Waals surface area contributed by atoms with Crippen LogP contribution in [0.1, 0.15) is 21.2 Å². The summed E-state index contributed by atoms with van der Waals surface area (Å²) in [5.41, 5.74) is 1.91. The first kappa shape index (κ1) is 13.4. The van der Waals surface area contributed by atoms with Gasteiger partial charge in [-0.2, -0.15) is 0 Å². The lowest BCUT2D eigenvalue weighted by molar-refractivity contribution is 0.0691. The first-order valence-electron chi connectivity index (χ1n) is 6.13. The van der Waals surface area contributed by atoms with Crippen molar-refractivity contribution in [2.45, 2.75) is 13.5 Å². The van der Waals surface area contributed by atoms with Gasteiger partial charge in [-0.1, -0.05) is 5.21 Å². The Morgan fingerprint density at radius 2 is 2.14 bits per heavy atom. The molecule has 0 bridgehead atoms. The van der Waals surface area contributed by atoms with Crippen molar-refractivity contribution in [1.82, 2.24) is 25.0 Å². The highest BCUT2D eigenvalue weighted by Gasteiger charge is 2.21. The van der Waals surface area contributed by atoms with Gasteiger partial charge in [-0.05, 0) is 19.1 Å². The van der Waals surface area contributed by atoms with E-state index in [0.29, 0.717) is 17.8 Å². The minimum atomic E-state index is -1.11. The Morgan fingerprint density at radius 3 is 2.76 bits per heavy atom. The van der Waals surface area contributed by atoms with Crippen LogP contribution in [0.2, 0.25) is 0 Å². The first-order valence-corrected chi connectivity index (χ1v) is 7.01. The monoisotopic (exact) mass is 301 g/mol. The number of aromatic carboxylic acids is 1. The van der Waals surface area contributed by atoms with E-state index >= 15 is 0 Å². The van der Waals surface area contributed by atoms with Gasteiger partial charge in [-0.25, -0.2) is 14.5 Å². The smallest absolute Gasteiger partial charge is 0.358 e. The van der Waals surface area contributed by atoms with Crippen LogP contribution in [0.3, 0.4) is 0 Å². The SMILES string of the molecule is Cc1nc(Cn2nnc(C(=O)O)c2-c2ccncc2)cs1. The predicted octanol–water partition coefficient (Wildman–Crippen LogP) is 1.85. The van der Waals surface area contributed by atoms with E-state index in [9.17, 15) is 9.90 Å². The summed E-state index contributed by atoms with van der Waals surface area (Å²) < 4.78 is 1.55. The number of aryl methyl sites for hydroxylation is 1. The Bertz CT molecular complexity index is 781. The van der Waals surface area contributed by atoms with Crippen molar-refractivity contribution in [3.63, 3.8) is 0 Å². The minimum Gasteiger partial charge on any atom is -0.476 e. The molecule has 0 atom stereocenters. The third-order valence-electron chi connectivity index (χ3n) is 2.87. The van der Waals surface area contributed by atoms with Crippen molar-refractivity contribution in [3.05, 3.63) is 46.3 Å². The molecule has 0 aliphatic heterocycles. The van der Waals surface area contributed by atoms with Crippen molar-refractivity contribution in [2.75, 3.05) is 0 Å². The fourth-order valence-corrected chi connectivity index (χ4v) is 2.60. The second-order valence-electron chi connectivity index (χ2n) is 4.34. The maximum atomic E-state index is 11.3. The number of rotatable bonds is 4. The van der Waals surface area contributed by atoms with Crippen LogP contribution < -0.4 is 0 Å². The van der Waals surface area contributed by atoms with Crippen LogP contribution in [0.15, 0.2) is 29.9 Å². The van der Waals surface area contributed by atoms with E-state index in [1.54, 1.807) is 29.2 Å². The van der Waals surface area contributed by atoms with Crippen LogP contribution in [0.25, 0.3) is 11.3 Å². The summed E-state index contributed by atoms with van der Waals surface area (Å²) >= 11 is 1.54. The van der Waals surface area contributed by atoms with Crippen LogP contribution in [-0.2, 0) is 6.54 Å². The molecule has 8 heteroatoms. The van der Waals surface area contributed by atoms with Gasteiger partial charge < -0.3 is 5.11 Å². The molecule has 0 saturated carbocycles. The molecular weight excluding hydrogens is 290 g/mol. The maximum Gasteiger partial charge on any atom is 0.358 e. The van der Waals surface area contributed by atoms with Crippen molar-refractivity contribution in [3.8, 4) is 11.3 Å². The molecule has 3 aromatic heterocycles. The van der Waals surface area contributed by atoms with Crippen molar-refractivity contribution < 1.29 is 9.90 Å². The van der Waals surface area contributed by atoms with Crippen LogP contribution in [-0.4, -0.2) is 36.0 Å². The highest BCUT2D eigenvalue weighted by Crippen LogP contribution is 2.22. The van der Waals surface area contributed by atoms with Crippen molar-refractivity contribution in [1.29, 1.82) is 0 Å². The summed E-state index contributed by atoms with van der Waals surface area (Å²) in [5.74, 6) is -1.11. The molecule has 0 spiro atoms. The standard InChI is InChI=1S/C13H11N5O2S/c1-8-15-10(7-21-8)6-18-12(9-2-4-14-5-3-9)11(13(19)20)16-17-18/h2-5,7H,6H2,1H3,(H,19,20). The zero-order chi connectivity index (χ0) is 14.8. The average molecular weight is 301 g/mol. The van der Waals surface area contributed by atoms with Gasteiger partial charge in [-0.15, -0.1) is 16.4 Å². The predicted molar refractivity (Wildman–Crippen MR) is 76.2 cm³/mol. The van der Waals surface area contributed by atoms with E-state index in [0.717, 1.165) is 10.7 Å². The molecular formula is C13H11N5O2S. The van der Waals surface area contributed by atoms with E-state index in [1.165, 1.54) is 11.3 Å². The Morgan fingerprint density at radius 1 is 1.38 bits per heavy atom. The number of hydrogen-bond acceptors (Lipinski definition) is 6. The third kappa shape index (κ3) is 2.65. The summed E-state index contributed by atoms with van der Waals surface area (Å²) in [6.07, 6.45) is 3.20. The molecule has 3 rings (SSSR count). The molecule has 1 N–H and O–H groups in total. The molecule has 0 amide bonds. The molecule has 0 saturated heterocycles. The second-order valence-corrected chi connectivity index (χ2v) is 5.41. The zero-order valence-corrected chi connectivity index (χ0v) is 11.9. The van der Waals surface area contributed by atoms with Gasteiger partial charge >= 0.3 is 5.97 Å². The van der Waals surface area contributed by atoms with Gasteiger partial charge in [0.2, 0.25) is 0 Å². The Balaban J connectivity index is 2.07. The van der Waals surface area contributed by atoms with Crippen LogP contribution in [0.4, 0.5) is 0 Å². The molecule has 7 nitrogen and oxygen atoms in total. The molecule has 21 heavy (non-hydrogen) atoms. The Hall–Kier alpha value is -2.61. The summed E-state index contributed by atoms with van der Waals surface area (Å²) in [6, 6.07) is 3.46. The highest BCUT2D eigenvalue weighted by molar-refractivity contribution is 7.09. The highest BCUT2D eigenvalue weighted by atomic mass is 32.1. The van der Waals surface area contributed by atoms with E-state index in [1.807, 2.05) is 12.3 Å². The first-order chi connectivity index (χ1) is 10.1. The van der Waals surface area contributed by atoms with Crippen LogP contribution >= 0.6 is 11.3 Å². The molecule has 0 aliphatic carbocycles. The second kappa shape index (κ2) is 5.41. The summed E-state index contributed by atoms with van der Waals surface area (Å²) in [5, 5.41) is 19.9. The van der Waals surface area contributed by atoms with Gasteiger partial charge in [0.25, 0.3) is 0 Å². The lowest BCUT2D eigenvalue weighted by Gasteiger charge is -2.05. The van der Waals surface area contributed by atoms with E-state index in [2.05, 4.69) is 20.3 Å². The molecule has 0 unspecified atom stereocenters.